The molecule has 154 valence electrons. The van der Waals surface area contributed by atoms with E-state index in [1.54, 1.807) is 50.6 Å². The molecule has 4 aromatic rings. The molecule has 0 spiro atoms. The Morgan fingerprint density at radius 1 is 1.00 bits per heavy atom. The summed E-state index contributed by atoms with van der Waals surface area (Å²) in [5.74, 6) is 2.95. The van der Waals surface area contributed by atoms with Gasteiger partial charge in [-0.1, -0.05) is 17.8 Å². The molecule has 0 aliphatic carbocycles. The number of thioether (sulfide) groups is 1. The van der Waals surface area contributed by atoms with Gasteiger partial charge in [0, 0.05) is 35.2 Å². The van der Waals surface area contributed by atoms with Crippen molar-refractivity contribution in [3.63, 3.8) is 0 Å². The lowest BCUT2D eigenvalue weighted by Gasteiger charge is -2.08. The lowest BCUT2D eigenvalue weighted by molar-refractivity contribution is 0.355. The van der Waals surface area contributed by atoms with Gasteiger partial charge in [0.15, 0.2) is 16.7 Å². The monoisotopic (exact) mass is 439 g/mol. The maximum absolute atomic E-state index is 5.40. The van der Waals surface area contributed by atoms with Gasteiger partial charge in [0.05, 0.1) is 32.7 Å². The fourth-order valence-corrected chi connectivity index (χ4v) is 4.75. The van der Waals surface area contributed by atoms with Crippen molar-refractivity contribution < 1.29 is 14.2 Å². The molecule has 2 aromatic carbocycles. The molecule has 2 heterocycles. The Morgan fingerprint density at radius 2 is 1.87 bits per heavy atom. The van der Waals surface area contributed by atoms with Crippen molar-refractivity contribution in [2.24, 2.45) is 0 Å². The van der Waals surface area contributed by atoms with E-state index < -0.39 is 0 Å². The van der Waals surface area contributed by atoms with E-state index in [1.807, 2.05) is 48.7 Å². The molecule has 0 bridgehead atoms. The predicted molar refractivity (Wildman–Crippen MR) is 120 cm³/mol. The summed E-state index contributed by atoms with van der Waals surface area (Å²) in [6.45, 7) is 0. The first-order valence-corrected chi connectivity index (χ1v) is 11.1. The highest BCUT2D eigenvalue weighted by Crippen LogP contribution is 2.34. The van der Waals surface area contributed by atoms with Gasteiger partial charge in [0.2, 0.25) is 0 Å². The third-order valence-corrected chi connectivity index (χ3v) is 6.41. The summed E-state index contributed by atoms with van der Waals surface area (Å²) >= 11 is 3.26. The molecule has 0 saturated heterocycles. The summed E-state index contributed by atoms with van der Waals surface area (Å²) in [4.78, 5) is 9.29. The van der Waals surface area contributed by atoms with Crippen LogP contribution in [0.2, 0.25) is 0 Å². The van der Waals surface area contributed by atoms with Crippen molar-refractivity contribution >= 4 is 23.1 Å². The Morgan fingerprint density at radius 3 is 2.67 bits per heavy atom. The summed E-state index contributed by atoms with van der Waals surface area (Å²) in [7, 11) is 4.93. The van der Waals surface area contributed by atoms with Crippen LogP contribution in [0.5, 0.6) is 17.2 Å². The lowest BCUT2D eigenvalue weighted by Crippen LogP contribution is -1.96. The van der Waals surface area contributed by atoms with Gasteiger partial charge in [-0.2, -0.15) is 0 Å². The largest absolute Gasteiger partial charge is 0.497 e. The van der Waals surface area contributed by atoms with Crippen molar-refractivity contribution in [2.75, 3.05) is 21.3 Å². The van der Waals surface area contributed by atoms with Crippen LogP contribution >= 0.6 is 23.1 Å². The molecule has 0 unspecified atom stereocenters. The van der Waals surface area contributed by atoms with Crippen LogP contribution in [0.3, 0.4) is 0 Å². The smallest absolute Gasteiger partial charge is 0.172 e. The zero-order valence-electron chi connectivity index (χ0n) is 16.9. The number of ether oxygens (including phenoxy) is 3. The van der Waals surface area contributed by atoms with Crippen LogP contribution in [0.4, 0.5) is 0 Å². The number of nitrogens with zero attached hydrogens (tertiary/aromatic N) is 3. The molecule has 0 fully saturated rings. The molecule has 0 saturated carbocycles. The third kappa shape index (κ3) is 4.29. The van der Waals surface area contributed by atoms with Crippen LogP contribution in [-0.4, -0.2) is 35.9 Å². The Bertz CT molecular complexity index is 1140. The van der Waals surface area contributed by atoms with Crippen LogP contribution in [0.1, 0.15) is 5.69 Å². The maximum Gasteiger partial charge on any atom is 0.172 e. The number of hydrogen-bond donors (Lipinski definition) is 0. The first-order chi connectivity index (χ1) is 14.7. The van der Waals surface area contributed by atoms with Gasteiger partial charge in [0.25, 0.3) is 0 Å². The highest BCUT2D eigenvalue weighted by atomic mass is 32.2. The molecular weight excluding hydrogens is 418 g/mol. The average Bonchev–Trinajstić information content (AvgIpc) is 3.46. The SMILES string of the molecule is COc1cccc(-n2ccnc2SCc2csc(-c3ccc(OC)c(OC)c3)n2)c1. The second-order valence-corrected chi connectivity index (χ2v) is 8.08. The minimum atomic E-state index is 0.696. The van der Waals surface area contributed by atoms with Crippen LogP contribution in [-0.2, 0) is 5.75 Å². The topological polar surface area (TPSA) is 58.4 Å². The molecule has 0 aliphatic heterocycles. The second-order valence-electron chi connectivity index (χ2n) is 6.28. The highest BCUT2D eigenvalue weighted by Gasteiger charge is 2.12. The van der Waals surface area contributed by atoms with Crippen LogP contribution < -0.4 is 14.2 Å². The van der Waals surface area contributed by atoms with E-state index in [4.69, 9.17) is 19.2 Å². The molecule has 0 N–H and O–H groups in total. The Balaban J connectivity index is 1.49. The minimum Gasteiger partial charge on any atom is -0.497 e. The maximum atomic E-state index is 5.40. The molecule has 4 rings (SSSR count). The van der Waals surface area contributed by atoms with Gasteiger partial charge in [-0.25, -0.2) is 9.97 Å². The Kier molecular flexibility index (Phi) is 6.25. The van der Waals surface area contributed by atoms with Gasteiger partial charge in [-0.05, 0) is 30.3 Å². The Labute approximate surface area is 183 Å². The van der Waals surface area contributed by atoms with Gasteiger partial charge in [-0.3, -0.25) is 4.57 Å². The van der Waals surface area contributed by atoms with Crippen LogP contribution in [0.15, 0.2) is 65.4 Å². The summed E-state index contributed by atoms with van der Waals surface area (Å²) in [5.41, 5.74) is 3.03. The van der Waals surface area contributed by atoms with E-state index in [9.17, 15) is 0 Å². The zero-order valence-corrected chi connectivity index (χ0v) is 18.5. The van der Waals surface area contributed by atoms with Crippen molar-refractivity contribution in [1.82, 2.24) is 14.5 Å². The van der Waals surface area contributed by atoms with E-state index in [2.05, 4.69) is 14.9 Å². The summed E-state index contributed by atoms with van der Waals surface area (Å²) in [5, 5.41) is 3.93. The molecule has 0 atom stereocenters. The van der Waals surface area contributed by atoms with Crippen LogP contribution in [0.25, 0.3) is 16.3 Å². The average molecular weight is 440 g/mol. The number of hydrogen-bond acceptors (Lipinski definition) is 7. The number of rotatable bonds is 8. The fraction of sp³-hybridized carbons (Fsp3) is 0.182. The minimum absolute atomic E-state index is 0.696. The Hall–Kier alpha value is -2.97. The molecule has 30 heavy (non-hydrogen) atoms. The summed E-state index contributed by atoms with van der Waals surface area (Å²) in [6, 6.07) is 13.8. The number of thiazole rings is 1. The number of methoxy groups -OCH3 is 3. The normalized spacial score (nSPS) is 10.8. The number of aromatic nitrogens is 3. The van der Waals surface area contributed by atoms with E-state index in [0.717, 1.165) is 38.6 Å². The summed E-state index contributed by atoms with van der Waals surface area (Å²) in [6.07, 6.45) is 3.76. The van der Waals surface area contributed by atoms with Gasteiger partial charge >= 0.3 is 0 Å². The fourth-order valence-electron chi connectivity index (χ4n) is 2.97. The molecule has 6 nitrogen and oxygen atoms in total. The lowest BCUT2D eigenvalue weighted by atomic mass is 10.2. The number of benzene rings is 2. The van der Waals surface area contributed by atoms with Gasteiger partial charge in [0.1, 0.15) is 10.8 Å². The van der Waals surface area contributed by atoms with E-state index in [0.29, 0.717) is 11.5 Å². The summed E-state index contributed by atoms with van der Waals surface area (Å²) < 4.78 is 18.1. The van der Waals surface area contributed by atoms with Crippen molar-refractivity contribution in [2.45, 2.75) is 10.9 Å². The molecule has 2 aromatic heterocycles. The molecular formula is C22H21N3O3S2. The van der Waals surface area contributed by atoms with Gasteiger partial charge < -0.3 is 14.2 Å². The predicted octanol–water partition coefficient (Wildman–Crippen LogP) is 5.31. The quantitative estimate of drug-likeness (QED) is 0.347. The molecule has 0 radical (unpaired) electrons. The van der Waals surface area contributed by atoms with E-state index in [1.165, 1.54) is 0 Å². The highest BCUT2D eigenvalue weighted by molar-refractivity contribution is 7.98. The standard InChI is InChI=1S/C22H21N3O3S2/c1-26-18-6-4-5-17(12-18)25-10-9-23-22(25)30-14-16-13-29-21(24-16)15-7-8-19(27-2)20(11-15)28-3/h4-13H,14H2,1-3H3. The van der Waals surface area contributed by atoms with Gasteiger partial charge in [-0.15, -0.1) is 11.3 Å². The first kappa shape index (κ1) is 20.3. The number of imidazole rings is 1. The van der Waals surface area contributed by atoms with Crippen molar-refractivity contribution in [1.29, 1.82) is 0 Å². The first-order valence-electron chi connectivity index (χ1n) is 9.19. The molecule has 0 amide bonds. The van der Waals surface area contributed by atoms with E-state index in [-0.39, 0.29) is 0 Å². The van der Waals surface area contributed by atoms with Crippen molar-refractivity contribution in [3.8, 4) is 33.5 Å². The third-order valence-electron chi connectivity index (χ3n) is 4.47. The molecule has 8 heteroatoms. The van der Waals surface area contributed by atoms with E-state index >= 15 is 0 Å². The van der Waals surface area contributed by atoms with Crippen LogP contribution in [0, 0.1) is 0 Å². The van der Waals surface area contributed by atoms with Crippen molar-refractivity contribution in [3.05, 3.63) is 65.9 Å². The second kappa shape index (κ2) is 9.23. The zero-order chi connectivity index (χ0) is 20.9. The molecule has 0 aliphatic rings.